The molecule has 0 amide bonds. The third-order valence-corrected chi connectivity index (χ3v) is 3.62. The Hall–Kier alpha value is -1.19. The lowest BCUT2D eigenvalue weighted by Crippen LogP contribution is -2.14. The number of nitrogens with zero attached hydrogens (tertiary/aromatic N) is 1. The molecule has 2 rings (SSSR count). The zero-order valence-electron chi connectivity index (χ0n) is 10.3. The summed E-state index contributed by atoms with van der Waals surface area (Å²) in [5.41, 5.74) is 1.20. The molecule has 1 unspecified atom stereocenters. The zero-order chi connectivity index (χ0) is 12.4. The van der Waals surface area contributed by atoms with Crippen LogP contribution in [0.4, 0.5) is 0 Å². The fourth-order valence-electron chi connectivity index (χ4n) is 1.83. The maximum atomic E-state index is 5.21. The smallest absolute Gasteiger partial charge is 0.119 e. The van der Waals surface area contributed by atoms with Crippen LogP contribution in [0.2, 0.25) is 0 Å². The van der Waals surface area contributed by atoms with Gasteiger partial charge in [0.1, 0.15) is 5.75 Å². The van der Waals surface area contributed by atoms with Crippen molar-refractivity contribution in [3.8, 4) is 5.75 Å². The average molecular weight is 247 g/mol. The van der Waals surface area contributed by atoms with Gasteiger partial charge >= 0.3 is 0 Å². The molecule has 0 saturated heterocycles. The lowest BCUT2D eigenvalue weighted by molar-refractivity contribution is 0.394. The number of benzene rings is 2. The minimum atomic E-state index is 0.126. The van der Waals surface area contributed by atoms with Crippen molar-refractivity contribution in [1.82, 2.24) is 4.90 Å². The predicted molar refractivity (Wildman–Crippen MR) is 75.9 cm³/mol. The van der Waals surface area contributed by atoms with E-state index in [4.69, 9.17) is 4.74 Å². The van der Waals surface area contributed by atoms with Crippen LogP contribution in [0.25, 0.3) is 10.8 Å². The van der Waals surface area contributed by atoms with Gasteiger partial charge in [-0.1, -0.05) is 18.2 Å². The monoisotopic (exact) mass is 247 g/mol. The number of ether oxygens (including phenoxy) is 1. The lowest BCUT2D eigenvalue weighted by Gasteiger charge is -2.19. The summed E-state index contributed by atoms with van der Waals surface area (Å²) in [6.45, 7) is 0. The van der Waals surface area contributed by atoms with Gasteiger partial charge in [-0.2, -0.15) is 12.6 Å². The van der Waals surface area contributed by atoms with Crippen LogP contribution in [0.15, 0.2) is 36.4 Å². The molecule has 0 fully saturated rings. The van der Waals surface area contributed by atoms with Crippen LogP contribution in [0, 0.1) is 0 Å². The van der Waals surface area contributed by atoms with E-state index in [1.165, 1.54) is 16.3 Å². The van der Waals surface area contributed by atoms with Gasteiger partial charge in [-0.3, -0.25) is 4.90 Å². The van der Waals surface area contributed by atoms with Crippen LogP contribution in [0.3, 0.4) is 0 Å². The molecule has 0 aromatic heterocycles. The summed E-state index contributed by atoms with van der Waals surface area (Å²) in [4.78, 5) is 2.08. The van der Waals surface area contributed by atoms with Crippen molar-refractivity contribution < 1.29 is 4.74 Å². The molecule has 0 radical (unpaired) electrons. The largest absolute Gasteiger partial charge is 0.497 e. The molecule has 0 bridgehead atoms. The summed E-state index contributed by atoms with van der Waals surface area (Å²) in [6, 6.07) is 12.5. The van der Waals surface area contributed by atoms with Crippen molar-refractivity contribution >= 4 is 23.4 Å². The van der Waals surface area contributed by atoms with Crippen LogP contribution in [-0.4, -0.2) is 26.1 Å². The van der Waals surface area contributed by atoms with Crippen molar-refractivity contribution in [3.05, 3.63) is 42.0 Å². The van der Waals surface area contributed by atoms with E-state index in [9.17, 15) is 0 Å². The number of hydrogen-bond acceptors (Lipinski definition) is 3. The zero-order valence-corrected chi connectivity index (χ0v) is 11.2. The molecule has 90 valence electrons. The van der Waals surface area contributed by atoms with Crippen LogP contribution < -0.4 is 4.74 Å². The Labute approximate surface area is 108 Å². The summed E-state index contributed by atoms with van der Waals surface area (Å²) in [6.07, 6.45) is 0. The molecular formula is C14H17NOS. The van der Waals surface area contributed by atoms with E-state index >= 15 is 0 Å². The molecule has 2 aromatic carbocycles. The molecule has 1 atom stereocenters. The van der Waals surface area contributed by atoms with Crippen LogP contribution >= 0.6 is 12.6 Å². The number of fused-ring (bicyclic) bond motifs is 1. The minimum absolute atomic E-state index is 0.126. The standard InChI is InChI=1S/C14H17NOS/c1-15(2)14(17)12-5-4-11-9-13(16-3)7-6-10(11)8-12/h4-9,14,17H,1-3H3. The van der Waals surface area contributed by atoms with Gasteiger partial charge in [-0.15, -0.1) is 0 Å². The summed E-state index contributed by atoms with van der Waals surface area (Å²) >= 11 is 4.58. The fourth-order valence-corrected chi connectivity index (χ4v) is 1.99. The van der Waals surface area contributed by atoms with Crippen molar-refractivity contribution in [2.24, 2.45) is 0 Å². The first-order chi connectivity index (χ1) is 8.11. The predicted octanol–water partition coefficient (Wildman–Crippen LogP) is 3.34. The first kappa shape index (κ1) is 12.3. The Morgan fingerprint density at radius 2 is 1.71 bits per heavy atom. The number of hydrogen-bond donors (Lipinski definition) is 1. The molecule has 2 nitrogen and oxygen atoms in total. The Kier molecular flexibility index (Phi) is 3.60. The molecular weight excluding hydrogens is 230 g/mol. The van der Waals surface area contributed by atoms with Crippen LogP contribution in [0.1, 0.15) is 10.9 Å². The minimum Gasteiger partial charge on any atom is -0.497 e. The molecule has 17 heavy (non-hydrogen) atoms. The summed E-state index contributed by atoms with van der Waals surface area (Å²) in [7, 11) is 5.73. The lowest BCUT2D eigenvalue weighted by atomic mass is 10.1. The van der Waals surface area contributed by atoms with Crippen molar-refractivity contribution in [3.63, 3.8) is 0 Å². The quantitative estimate of drug-likeness (QED) is 0.659. The van der Waals surface area contributed by atoms with Crippen LogP contribution in [0.5, 0.6) is 5.75 Å². The molecule has 0 aliphatic heterocycles. The van der Waals surface area contributed by atoms with E-state index in [2.05, 4.69) is 41.8 Å². The molecule has 0 heterocycles. The Morgan fingerprint density at radius 1 is 1.06 bits per heavy atom. The SMILES string of the molecule is COc1ccc2cc(C(S)N(C)C)ccc2c1. The first-order valence-corrected chi connectivity index (χ1v) is 6.05. The maximum Gasteiger partial charge on any atom is 0.119 e. The number of thiol groups is 1. The first-order valence-electron chi connectivity index (χ1n) is 5.54. The molecule has 2 aromatic rings. The Balaban J connectivity index is 2.44. The van der Waals surface area contributed by atoms with E-state index in [0.29, 0.717) is 0 Å². The summed E-state index contributed by atoms with van der Waals surface area (Å²) in [5, 5.41) is 2.53. The van der Waals surface area contributed by atoms with Gasteiger partial charge in [0, 0.05) is 0 Å². The topological polar surface area (TPSA) is 12.5 Å². The van der Waals surface area contributed by atoms with Crippen molar-refractivity contribution in [2.75, 3.05) is 21.2 Å². The second kappa shape index (κ2) is 4.98. The summed E-state index contributed by atoms with van der Waals surface area (Å²) in [5.74, 6) is 0.889. The average Bonchev–Trinajstić information content (AvgIpc) is 2.36. The maximum absolute atomic E-state index is 5.21. The van der Waals surface area contributed by atoms with E-state index in [0.717, 1.165) is 5.75 Å². The van der Waals surface area contributed by atoms with Gasteiger partial charge in [-0.25, -0.2) is 0 Å². The van der Waals surface area contributed by atoms with E-state index in [1.54, 1.807) is 7.11 Å². The molecule has 0 aliphatic rings. The highest BCUT2D eigenvalue weighted by molar-refractivity contribution is 7.80. The van der Waals surface area contributed by atoms with E-state index in [1.807, 2.05) is 26.2 Å². The highest BCUT2D eigenvalue weighted by Crippen LogP contribution is 2.27. The molecule has 0 saturated carbocycles. The number of rotatable bonds is 3. The van der Waals surface area contributed by atoms with Gasteiger partial charge in [0.15, 0.2) is 0 Å². The number of methoxy groups -OCH3 is 1. The van der Waals surface area contributed by atoms with Gasteiger partial charge in [0.05, 0.1) is 12.5 Å². The second-order valence-corrected chi connectivity index (χ2v) is 4.80. The van der Waals surface area contributed by atoms with Crippen LogP contribution in [-0.2, 0) is 0 Å². The van der Waals surface area contributed by atoms with Gasteiger partial charge in [0.25, 0.3) is 0 Å². The van der Waals surface area contributed by atoms with Gasteiger partial charge in [-0.05, 0) is 48.6 Å². The van der Waals surface area contributed by atoms with Gasteiger partial charge < -0.3 is 4.74 Å². The normalized spacial score (nSPS) is 13.0. The molecule has 0 N–H and O–H groups in total. The highest BCUT2D eigenvalue weighted by atomic mass is 32.1. The Morgan fingerprint density at radius 3 is 2.35 bits per heavy atom. The van der Waals surface area contributed by atoms with Crippen molar-refractivity contribution in [2.45, 2.75) is 5.37 Å². The molecule has 3 heteroatoms. The Bertz CT molecular complexity index is 525. The third kappa shape index (κ3) is 2.56. The highest BCUT2D eigenvalue weighted by Gasteiger charge is 2.09. The molecule has 0 spiro atoms. The fraction of sp³-hybridized carbons (Fsp3) is 0.286. The van der Waals surface area contributed by atoms with Crippen molar-refractivity contribution in [1.29, 1.82) is 0 Å². The summed E-state index contributed by atoms with van der Waals surface area (Å²) < 4.78 is 5.21. The van der Waals surface area contributed by atoms with E-state index in [-0.39, 0.29) is 5.37 Å². The molecule has 0 aliphatic carbocycles. The van der Waals surface area contributed by atoms with E-state index < -0.39 is 0 Å². The second-order valence-electron chi connectivity index (χ2n) is 4.31. The third-order valence-electron chi connectivity index (χ3n) is 2.86. The van der Waals surface area contributed by atoms with Gasteiger partial charge in [0.2, 0.25) is 0 Å².